The molecule has 0 aliphatic heterocycles. The second-order valence-electron chi connectivity index (χ2n) is 2.97. The van der Waals surface area contributed by atoms with Crippen LogP contribution in [0, 0.1) is 5.82 Å². The van der Waals surface area contributed by atoms with E-state index in [2.05, 4.69) is 27.4 Å². The molecule has 78 valence electrons. The van der Waals surface area contributed by atoms with E-state index in [0.717, 1.165) is 11.3 Å². The summed E-state index contributed by atoms with van der Waals surface area (Å²) >= 11 is 6.68. The first kappa shape index (κ1) is 11.2. The van der Waals surface area contributed by atoms with Crippen LogP contribution in [-0.4, -0.2) is 0 Å². The highest BCUT2D eigenvalue weighted by Gasteiger charge is 2.01. The minimum absolute atomic E-state index is 0.208. The van der Waals surface area contributed by atoms with E-state index < -0.39 is 0 Å². The molecule has 1 aromatic heterocycles. The molecule has 1 heterocycles. The molecular formula is C11H8BrFS2. The number of thiophene rings is 1. The van der Waals surface area contributed by atoms with Crippen molar-refractivity contribution in [3.63, 3.8) is 0 Å². The Morgan fingerprint density at radius 3 is 2.87 bits per heavy atom. The SMILES string of the molecule is Fc1ccc(CSc2cccs2)cc1Br. The maximum Gasteiger partial charge on any atom is 0.137 e. The van der Waals surface area contributed by atoms with Gasteiger partial charge < -0.3 is 0 Å². The van der Waals surface area contributed by atoms with Crippen LogP contribution in [0.2, 0.25) is 0 Å². The number of hydrogen-bond acceptors (Lipinski definition) is 2. The summed E-state index contributed by atoms with van der Waals surface area (Å²) in [6.07, 6.45) is 0. The highest BCUT2D eigenvalue weighted by Crippen LogP contribution is 2.28. The van der Waals surface area contributed by atoms with Crippen molar-refractivity contribution < 1.29 is 4.39 Å². The van der Waals surface area contributed by atoms with Crippen molar-refractivity contribution in [1.29, 1.82) is 0 Å². The molecule has 1 aromatic carbocycles. The summed E-state index contributed by atoms with van der Waals surface area (Å²) in [7, 11) is 0. The van der Waals surface area contributed by atoms with Crippen molar-refractivity contribution in [2.45, 2.75) is 9.96 Å². The highest BCUT2D eigenvalue weighted by molar-refractivity contribution is 9.10. The van der Waals surface area contributed by atoms with E-state index in [0.29, 0.717) is 4.47 Å². The lowest BCUT2D eigenvalue weighted by atomic mass is 10.2. The van der Waals surface area contributed by atoms with Crippen molar-refractivity contribution in [3.05, 3.63) is 51.6 Å². The Hall–Kier alpha value is -0.320. The van der Waals surface area contributed by atoms with Crippen LogP contribution in [0.5, 0.6) is 0 Å². The fourth-order valence-electron chi connectivity index (χ4n) is 1.13. The number of benzene rings is 1. The van der Waals surface area contributed by atoms with Crippen LogP contribution in [0.4, 0.5) is 4.39 Å². The van der Waals surface area contributed by atoms with E-state index in [1.54, 1.807) is 23.1 Å². The van der Waals surface area contributed by atoms with Gasteiger partial charge in [0.2, 0.25) is 0 Å². The number of rotatable bonds is 3. The highest BCUT2D eigenvalue weighted by atomic mass is 79.9. The number of halogens is 2. The molecule has 15 heavy (non-hydrogen) atoms. The van der Waals surface area contributed by atoms with E-state index in [1.165, 1.54) is 10.3 Å². The first-order valence-electron chi connectivity index (χ1n) is 4.36. The van der Waals surface area contributed by atoms with Gasteiger partial charge in [-0.05, 0) is 45.1 Å². The first-order chi connectivity index (χ1) is 7.25. The van der Waals surface area contributed by atoms with E-state index in [9.17, 15) is 4.39 Å². The molecule has 0 atom stereocenters. The first-order valence-corrected chi connectivity index (χ1v) is 7.02. The van der Waals surface area contributed by atoms with Crippen LogP contribution in [0.1, 0.15) is 5.56 Å². The van der Waals surface area contributed by atoms with Crippen molar-refractivity contribution in [3.8, 4) is 0 Å². The second-order valence-corrected chi connectivity index (χ2v) is 6.05. The second kappa shape index (κ2) is 5.14. The normalized spacial score (nSPS) is 10.5. The van der Waals surface area contributed by atoms with E-state index in [4.69, 9.17) is 0 Å². The predicted octanol–water partition coefficient (Wildman–Crippen LogP) is 4.94. The molecule has 0 N–H and O–H groups in total. The summed E-state index contributed by atoms with van der Waals surface area (Å²) in [6, 6.07) is 9.27. The van der Waals surface area contributed by atoms with Crippen LogP contribution in [0.25, 0.3) is 0 Å². The molecule has 0 nitrogen and oxygen atoms in total. The van der Waals surface area contributed by atoms with E-state index >= 15 is 0 Å². The smallest absolute Gasteiger partial charge is 0.137 e. The van der Waals surface area contributed by atoms with Crippen molar-refractivity contribution in [2.24, 2.45) is 0 Å². The lowest BCUT2D eigenvalue weighted by Gasteiger charge is -2.01. The molecule has 2 aromatic rings. The van der Waals surface area contributed by atoms with Gasteiger partial charge in [-0.15, -0.1) is 23.1 Å². The van der Waals surface area contributed by atoms with Gasteiger partial charge in [-0.1, -0.05) is 12.1 Å². The third-order valence-corrected chi connectivity index (χ3v) is 4.67. The standard InChI is InChI=1S/C11H8BrFS2/c12-9-6-8(3-4-10(9)13)7-15-11-2-1-5-14-11/h1-6H,7H2. The van der Waals surface area contributed by atoms with Crippen molar-refractivity contribution >= 4 is 39.0 Å². The van der Waals surface area contributed by atoms with Gasteiger partial charge >= 0.3 is 0 Å². The Labute approximate surface area is 105 Å². The van der Waals surface area contributed by atoms with Gasteiger partial charge in [0, 0.05) is 5.75 Å². The third-order valence-electron chi connectivity index (χ3n) is 1.86. The fraction of sp³-hybridized carbons (Fsp3) is 0.0909. The Morgan fingerprint density at radius 2 is 2.20 bits per heavy atom. The molecule has 0 aliphatic carbocycles. The van der Waals surface area contributed by atoms with Gasteiger partial charge in [0.1, 0.15) is 5.82 Å². The Bertz CT molecular complexity index is 440. The maximum atomic E-state index is 13.0. The third kappa shape index (κ3) is 3.06. The van der Waals surface area contributed by atoms with Crippen LogP contribution >= 0.6 is 39.0 Å². The Morgan fingerprint density at radius 1 is 1.33 bits per heavy atom. The van der Waals surface area contributed by atoms with E-state index in [-0.39, 0.29) is 5.82 Å². The zero-order chi connectivity index (χ0) is 10.7. The monoisotopic (exact) mass is 302 g/mol. The molecule has 0 saturated heterocycles. The average molecular weight is 303 g/mol. The predicted molar refractivity (Wildman–Crippen MR) is 68.0 cm³/mol. The van der Waals surface area contributed by atoms with Crippen LogP contribution in [-0.2, 0) is 5.75 Å². The molecule has 0 aliphatic rings. The van der Waals surface area contributed by atoms with Gasteiger partial charge in [0.05, 0.1) is 8.68 Å². The fourth-order valence-corrected chi connectivity index (χ4v) is 3.28. The molecular weight excluding hydrogens is 295 g/mol. The van der Waals surface area contributed by atoms with Gasteiger partial charge in [-0.25, -0.2) is 4.39 Å². The average Bonchev–Trinajstić information content (AvgIpc) is 2.73. The molecule has 0 saturated carbocycles. The lowest BCUT2D eigenvalue weighted by molar-refractivity contribution is 0.620. The van der Waals surface area contributed by atoms with Gasteiger partial charge in [-0.2, -0.15) is 0 Å². The van der Waals surface area contributed by atoms with E-state index in [1.807, 2.05) is 18.2 Å². The van der Waals surface area contributed by atoms with Gasteiger partial charge in [0.15, 0.2) is 0 Å². The summed E-state index contributed by atoms with van der Waals surface area (Å²) in [5.74, 6) is 0.666. The minimum atomic E-state index is -0.208. The zero-order valence-electron chi connectivity index (χ0n) is 7.74. The Kier molecular flexibility index (Phi) is 3.83. The summed E-state index contributed by atoms with van der Waals surface area (Å²) in [5.41, 5.74) is 1.13. The van der Waals surface area contributed by atoms with Crippen molar-refractivity contribution in [2.75, 3.05) is 0 Å². The molecule has 4 heteroatoms. The number of thioether (sulfide) groups is 1. The maximum absolute atomic E-state index is 13.0. The molecule has 0 radical (unpaired) electrons. The molecule has 0 amide bonds. The van der Waals surface area contributed by atoms with Crippen molar-refractivity contribution in [1.82, 2.24) is 0 Å². The largest absolute Gasteiger partial charge is 0.206 e. The zero-order valence-corrected chi connectivity index (χ0v) is 11.0. The van der Waals surface area contributed by atoms with Gasteiger partial charge in [-0.3, -0.25) is 0 Å². The number of hydrogen-bond donors (Lipinski definition) is 0. The summed E-state index contributed by atoms with van der Waals surface area (Å²) in [6.45, 7) is 0. The summed E-state index contributed by atoms with van der Waals surface area (Å²) in [5, 5.41) is 2.06. The Balaban J connectivity index is 2.02. The summed E-state index contributed by atoms with van der Waals surface area (Å²) in [4.78, 5) is 0. The van der Waals surface area contributed by atoms with Crippen LogP contribution in [0.15, 0.2) is 44.4 Å². The van der Waals surface area contributed by atoms with Crippen LogP contribution in [0.3, 0.4) is 0 Å². The molecule has 2 rings (SSSR count). The quantitative estimate of drug-likeness (QED) is 0.724. The topological polar surface area (TPSA) is 0 Å². The van der Waals surface area contributed by atoms with Gasteiger partial charge in [0.25, 0.3) is 0 Å². The van der Waals surface area contributed by atoms with Crippen LogP contribution < -0.4 is 0 Å². The minimum Gasteiger partial charge on any atom is -0.206 e. The molecule has 0 unspecified atom stereocenters. The molecule has 0 bridgehead atoms. The summed E-state index contributed by atoms with van der Waals surface area (Å²) < 4.78 is 14.8. The molecule has 0 spiro atoms. The lowest BCUT2D eigenvalue weighted by Crippen LogP contribution is -1.83. The molecule has 0 fully saturated rings.